The number of carboxylic acid groups (broad SMARTS) is 1. The largest absolute Gasteiger partial charge is 0.480 e. The van der Waals surface area contributed by atoms with Crippen LogP contribution in [-0.2, 0) is 14.8 Å². The summed E-state index contributed by atoms with van der Waals surface area (Å²) in [4.78, 5) is 10.6. The van der Waals surface area contributed by atoms with E-state index in [0.29, 0.717) is 5.02 Å². The summed E-state index contributed by atoms with van der Waals surface area (Å²) in [6.45, 7) is -0.930. The average molecular weight is 296 g/mol. The molecule has 0 amide bonds. The van der Waals surface area contributed by atoms with E-state index < -0.39 is 35.1 Å². The molecule has 0 unspecified atom stereocenters. The van der Waals surface area contributed by atoms with E-state index in [1.54, 1.807) is 0 Å². The predicted molar refractivity (Wildman–Crippen MR) is 63.8 cm³/mol. The van der Waals surface area contributed by atoms with Crippen LogP contribution in [0.25, 0.3) is 0 Å². The number of hydrogen-bond acceptors (Lipinski definition) is 3. The van der Waals surface area contributed by atoms with Crippen LogP contribution in [0.2, 0.25) is 5.02 Å². The summed E-state index contributed by atoms with van der Waals surface area (Å²) >= 11 is 5.61. The van der Waals surface area contributed by atoms with E-state index in [9.17, 15) is 17.6 Å². The van der Waals surface area contributed by atoms with Gasteiger partial charge in [-0.15, -0.1) is 0 Å². The number of benzene rings is 1. The molecule has 0 saturated carbocycles. The van der Waals surface area contributed by atoms with Crippen LogP contribution in [0.5, 0.6) is 0 Å². The lowest BCUT2D eigenvalue weighted by Gasteiger charge is -2.13. The van der Waals surface area contributed by atoms with Crippen molar-refractivity contribution in [2.45, 2.75) is 17.4 Å². The zero-order valence-corrected chi connectivity index (χ0v) is 10.7. The van der Waals surface area contributed by atoms with Crippen LogP contribution in [-0.4, -0.2) is 32.2 Å². The highest BCUT2D eigenvalue weighted by atomic mass is 35.5. The maximum Gasteiger partial charge on any atom is 0.321 e. The van der Waals surface area contributed by atoms with Gasteiger partial charge in [-0.2, -0.15) is 4.72 Å². The summed E-state index contributed by atoms with van der Waals surface area (Å²) in [6.07, 6.45) is -0.428. The highest BCUT2D eigenvalue weighted by molar-refractivity contribution is 7.89. The summed E-state index contributed by atoms with van der Waals surface area (Å²) in [7, 11) is -4.00. The van der Waals surface area contributed by atoms with Crippen molar-refractivity contribution in [1.29, 1.82) is 0 Å². The fourth-order valence-corrected chi connectivity index (χ4v) is 2.56. The van der Waals surface area contributed by atoms with Gasteiger partial charge >= 0.3 is 5.97 Å². The zero-order valence-electron chi connectivity index (χ0n) is 9.14. The molecule has 1 rings (SSSR count). The molecule has 0 aromatic heterocycles. The van der Waals surface area contributed by atoms with Crippen molar-refractivity contribution in [3.63, 3.8) is 0 Å². The van der Waals surface area contributed by atoms with Gasteiger partial charge in [-0.1, -0.05) is 11.6 Å². The first-order valence-corrected chi connectivity index (χ1v) is 6.79. The van der Waals surface area contributed by atoms with Crippen molar-refractivity contribution in [3.8, 4) is 0 Å². The quantitative estimate of drug-likeness (QED) is 0.831. The molecule has 18 heavy (non-hydrogen) atoms. The van der Waals surface area contributed by atoms with Gasteiger partial charge in [-0.05, 0) is 24.3 Å². The van der Waals surface area contributed by atoms with Crippen molar-refractivity contribution < 1.29 is 22.7 Å². The molecule has 5 nitrogen and oxygen atoms in total. The van der Waals surface area contributed by atoms with Gasteiger partial charge in [-0.25, -0.2) is 8.42 Å². The number of hydrogen-bond donors (Lipinski definition) is 2. The molecule has 1 aromatic carbocycles. The Bertz CT molecular complexity index is 517. The van der Waals surface area contributed by atoms with Crippen molar-refractivity contribution in [3.05, 3.63) is 29.3 Å². The number of carbonyl (C=O) groups is 1. The molecule has 2 N–H and O–H groups in total. The minimum absolute atomic E-state index is 0.128. The van der Waals surface area contributed by atoms with Crippen molar-refractivity contribution in [2.24, 2.45) is 0 Å². The molecular formula is C10H11ClFNO4S. The standard InChI is InChI=1S/C10H11ClFNO4S/c11-7-1-3-8(4-2-7)18(16,17)13-9(5-6-12)10(14)15/h1-4,9,13H,5-6H2,(H,14,15)/t9-/m0/s1. The van der Waals surface area contributed by atoms with E-state index in [-0.39, 0.29) is 4.90 Å². The summed E-state index contributed by atoms with van der Waals surface area (Å²) in [5.74, 6) is -1.43. The van der Waals surface area contributed by atoms with Crippen molar-refractivity contribution >= 4 is 27.6 Å². The van der Waals surface area contributed by atoms with Gasteiger partial charge in [0, 0.05) is 11.4 Å². The van der Waals surface area contributed by atoms with Gasteiger partial charge in [-0.3, -0.25) is 9.18 Å². The number of sulfonamides is 1. The van der Waals surface area contributed by atoms with Crippen LogP contribution in [0.3, 0.4) is 0 Å². The molecule has 0 aliphatic rings. The van der Waals surface area contributed by atoms with Gasteiger partial charge in [0.25, 0.3) is 0 Å². The fourth-order valence-electron chi connectivity index (χ4n) is 1.21. The zero-order chi connectivity index (χ0) is 13.8. The molecule has 0 heterocycles. The average Bonchev–Trinajstić information content (AvgIpc) is 2.28. The molecule has 0 radical (unpaired) electrons. The third kappa shape index (κ3) is 3.94. The molecule has 100 valence electrons. The Morgan fingerprint density at radius 1 is 1.39 bits per heavy atom. The smallest absolute Gasteiger partial charge is 0.321 e. The van der Waals surface area contributed by atoms with Crippen molar-refractivity contribution in [1.82, 2.24) is 4.72 Å². The molecule has 0 aliphatic heterocycles. The predicted octanol–water partition coefficient (Wildman–Crippen LogP) is 1.43. The third-order valence-corrected chi connectivity index (χ3v) is 3.86. The Morgan fingerprint density at radius 3 is 2.39 bits per heavy atom. The number of rotatable bonds is 6. The topological polar surface area (TPSA) is 83.5 Å². The molecule has 0 saturated heterocycles. The minimum atomic E-state index is -4.00. The number of aliphatic carboxylic acids is 1. The lowest BCUT2D eigenvalue weighted by atomic mass is 10.2. The molecule has 1 atom stereocenters. The van der Waals surface area contributed by atoms with E-state index in [4.69, 9.17) is 16.7 Å². The Hall–Kier alpha value is -1.18. The SMILES string of the molecule is O=C(O)[C@H](CCF)NS(=O)(=O)c1ccc(Cl)cc1. The maximum absolute atomic E-state index is 12.1. The molecule has 1 aromatic rings. The second-order valence-electron chi connectivity index (χ2n) is 3.44. The third-order valence-electron chi connectivity index (χ3n) is 2.12. The minimum Gasteiger partial charge on any atom is -0.480 e. The summed E-state index contributed by atoms with van der Waals surface area (Å²) < 4.78 is 37.6. The molecule has 0 spiro atoms. The van der Waals surface area contributed by atoms with E-state index in [1.165, 1.54) is 24.3 Å². The van der Waals surface area contributed by atoms with E-state index >= 15 is 0 Å². The van der Waals surface area contributed by atoms with Gasteiger partial charge in [0.15, 0.2) is 0 Å². The lowest BCUT2D eigenvalue weighted by molar-refractivity contribution is -0.139. The van der Waals surface area contributed by atoms with Gasteiger partial charge in [0.05, 0.1) is 11.6 Å². The van der Waals surface area contributed by atoms with Gasteiger partial charge in [0.2, 0.25) is 10.0 Å². The van der Waals surface area contributed by atoms with Crippen LogP contribution in [0.1, 0.15) is 6.42 Å². The van der Waals surface area contributed by atoms with Crippen LogP contribution in [0.4, 0.5) is 4.39 Å². The van der Waals surface area contributed by atoms with E-state index in [1.807, 2.05) is 4.72 Å². The molecule has 0 aliphatic carbocycles. The first kappa shape index (κ1) is 14.9. The first-order valence-electron chi connectivity index (χ1n) is 4.93. The lowest BCUT2D eigenvalue weighted by Crippen LogP contribution is -2.41. The maximum atomic E-state index is 12.1. The van der Waals surface area contributed by atoms with Crippen LogP contribution < -0.4 is 4.72 Å². The normalized spacial score (nSPS) is 13.2. The second-order valence-corrected chi connectivity index (χ2v) is 5.59. The van der Waals surface area contributed by atoms with Gasteiger partial charge in [0.1, 0.15) is 6.04 Å². The second kappa shape index (κ2) is 6.12. The molecule has 8 heteroatoms. The van der Waals surface area contributed by atoms with Crippen LogP contribution in [0, 0.1) is 0 Å². The Labute approximate surface area is 109 Å². The molecule has 0 fully saturated rings. The number of carboxylic acids is 1. The fraction of sp³-hybridized carbons (Fsp3) is 0.300. The highest BCUT2D eigenvalue weighted by Crippen LogP contribution is 2.14. The Morgan fingerprint density at radius 2 is 1.94 bits per heavy atom. The number of halogens is 2. The number of nitrogens with one attached hydrogen (secondary N) is 1. The van der Waals surface area contributed by atoms with Gasteiger partial charge < -0.3 is 5.11 Å². The summed E-state index contributed by atoms with van der Waals surface area (Å²) in [5.41, 5.74) is 0. The van der Waals surface area contributed by atoms with E-state index in [2.05, 4.69) is 0 Å². The molecular weight excluding hydrogens is 285 g/mol. The van der Waals surface area contributed by atoms with Crippen LogP contribution >= 0.6 is 11.6 Å². The highest BCUT2D eigenvalue weighted by Gasteiger charge is 2.24. The van der Waals surface area contributed by atoms with E-state index in [0.717, 1.165) is 0 Å². The Balaban J connectivity index is 2.93. The Kier molecular flexibility index (Phi) is 5.06. The molecule has 0 bridgehead atoms. The summed E-state index contributed by atoms with van der Waals surface area (Å²) in [5, 5.41) is 9.10. The number of alkyl halides is 1. The first-order chi connectivity index (χ1) is 8.36. The van der Waals surface area contributed by atoms with Crippen molar-refractivity contribution in [2.75, 3.05) is 6.67 Å². The monoisotopic (exact) mass is 295 g/mol. The van der Waals surface area contributed by atoms with Crippen LogP contribution in [0.15, 0.2) is 29.2 Å². The summed E-state index contributed by atoms with van der Waals surface area (Å²) in [6, 6.07) is 3.70.